The highest BCUT2D eigenvalue weighted by molar-refractivity contribution is 5.48. The van der Waals surface area contributed by atoms with E-state index in [1.54, 1.807) is 0 Å². The second-order valence-electron chi connectivity index (χ2n) is 4.62. The van der Waals surface area contributed by atoms with E-state index in [2.05, 4.69) is 40.2 Å². The van der Waals surface area contributed by atoms with Gasteiger partial charge in [0.1, 0.15) is 17.5 Å². The minimum atomic E-state index is 0.477. The maximum absolute atomic E-state index is 8.53. The van der Waals surface area contributed by atoms with Crippen molar-refractivity contribution in [2.75, 3.05) is 30.4 Å². The molecule has 0 saturated heterocycles. The van der Waals surface area contributed by atoms with Gasteiger partial charge >= 0.3 is 0 Å². The minimum Gasteiger partial charge on any atom is -0.369 e. The number of aryl methyl sites for hydroxylation is 1. The largest absolute Gasteiger partial charge is 0.369 e. The molecule has 0 saturated carbocycles. The molecule has 1 N–H and O–H groups in total. The van der Waals surface area contributed by atoms with Gasteiger partial charge in [-0.05, 0) is 13.3 Å². The Labute approximate surface area is 115 Å². The van der Waals surface area contributed by atoms with Gasteiger partial charge in [-0.3, -0.25) is 0 Å². The lowest BCUT2D eigenvalue weighted by molar-refractivity contribution is 0.700. The molecule has 1 heterocycles. The number of nitrogens with one attached hydrogen (secondary N) is 1. The fourth-order valence-corrected chi connectivity index (χ4v) is 1.80. The Hall–Kier alpha value is -1.83. The van der Waals surface area contributed by atoms with Crippen molar-refractivity contribution in [3.63, 3.8) is 0 Å². The average Bonchev–Trinajstić information content (AvgIpc) is 2.38. The smallest absolute Gasteiger partial charge is 0.134 e. The molecule has 0 fully saturated rings. The fraction of sp³-hybridized carbons (Fsp3) is 0.643. The van der Waals surface area contributed by atoms with Crippen LogP contribution in [0.1, 0.15) is 38.4 Å². The molecule has 0 amide bonds. The van der Waals surface area contributed by atoms with Crippen molar-refractivity contribution >= 4 is 11.6 Å². The molecular formula is C14H23N5. The molecule has 104 valence electrons. The maximum atomic E-state index is 8.53. The molecule has 1 aromatic rings. The first-order valence-corrected chi connectivity index (χ1v) is 6.85. The van der Waals surface area contributed by atoms with Crippen molar-refractivity contribution in [2.24, 2.45) is 0 Å². The summed E-state index contributed by atoms with van der Waals surface area (Å²) >= 11 is 0. The Morgan fingerprint density at radius 1 is 1.37 bits per heavy atom. The topological polar surface area (TPSA) is 64.8 Å². The van der Waals surface area contributed by atoms with Crippen LogP contribution in [-0.4, -0.2) is 30.1 Å². The van der Waals surface area contributed by atoms with Crippen molar-refractivity contribution in [3.05, 3.63) is 11.9 Å². The normalized spacial score (nSPS) is 10.0. The first-order chi connectivity index (χ1) is 9.17. The Morgan fingerprint density at radius 3 is 2.84 bits per heavy atom. The summed E-state index contributed by atoms with van der Waals surface area (Å²) in [5, 5.41) is 11.7. The second kappa shape index (κ2) is 8.30. The number of nitriles is 1. The van der Waals surface area contributed by atoms with E-state index in [1.807, 2.05) is 13.0 Å². The molecule has 5 nitrogen and oxygen atoms in total. The molecule has 0 atom stereocenters. The Bertz CT molecular complexity index is 424. The van der Waals surface area contributed by atoms with Crippen LogP contribution in [0.15, 0.2) is 6.07 Å². The molecule has 1 rings (SSSR count). The second-order valence-corrected chi connectivity index (χ2v) is 4.62. The number of aromatic nitrogens is 2. The molecule has 0 aliphatic heterocycles. The number of anilines is 2. The van der Waals surface area contributed by atoms with Crippen LogP contribution in [-0.2, 0) is 0 Å². The Morgan fingerprint density at radius 2 is 2.16 bits per heavy atom. The minimum absolute atomic E-state index is 0.477. The summed E-state index contributed by atoms with van der Waals surface area (Å²) in [5.74, 6) is 2.47. The molecule has 0 radical (unpaired) electrons. The van der Waals surface area contributed by atoms with Crippen LogP contribution in [0.4, 0.5) is 11.6 Å². The summed E-state index contributed by atoms with van der Waals surface area (Å²) in [6.45, 7) is 5.71. The zero-order valence-electron chi connectivity index (χ0n) is 12.1. The van der Waals surface area contributed by atoms with Crippen molar-refractivity contribution < 1.29 is 0 Å². The van der Waals surface area contributed by atoms with Gasteiger partial charge in [-0.2, -0.15) is 5.26 Å². The van der Waals surface area contributed by atoms with Crippen LogP contribution in [0, 0.1) is 18.3 Å². The molecule has 0 spiro atoms. The van der Waals surface area contributed by atoms with Crippen LogP contribution in [0.3, 0.4) is 0 Å². The Balaban J connectivity index is 2.64. The quantitative estimate of drug-likeness (QED) is 0.729. The third-order valence-electron chi connectivity index (χ3n) is 2.86. The first kappa shape index (κ1) is 15.2. The SMILES string of the molecule is CCCCCN(C)c1cc(NCCC#N)nc(C)n1. The van der Waals surface area contributed by atoms with E-state index in [4.69, 9.17) is 5.26 Å². The maximum Gasteiger partial charge on any atom is 0.134 e. The zero-order chi connectivity index (χ0) is 14.1. The van der Waals surface area contributed by atoms with E-state index in [-0.39, 0.29) is 0 Å². The third kappa shape index (κ3) is 5.56. The van der Waals surface area contributed by atoms with Gasteiger partial charge in [0, 0.05) is 26.2 Å². The molecule has 5 heteroatoms. The summed E-state index contributed by atoms with van der Waals surface area (Å²) in [4.78, 5) is 10.9. The van der Waals surface area contributed by atoms with Gasteiger partial charge in [0.05, 0.1) is 12.5 Å². The number of hydrogen-bond acceptors (Lipinski definition) is 5. The standard InChI is InChI=1S/C14H23N5/c1-4-5-6-10-19(3)14-11-13(16-9-7-8-15)17-12(2)18-14/h11H,4-7,9-10H2,1-3H3,(H,16,17,18). The number of rotatable bonds is 8. The predicted molar refractivity (Wildman–Crippen MR) is 78.3 cm³/mol. The van der Waals surface area contributed by atoms with E-state index in [9.17, 15) is 0 Å². The summed E-state index contributed by atoms with van der Waals surface area (Å²) < 4.78 is 0. The van der Waals surface area contributed by atoms with Crippen LogP contribution >= 0.6 is 0 Å². The van der Waals surface area contributed by atoms with Gasteiger partial charge < -0.3 is 10.2 Å². The fourth-order valence-electron chi connectivity index (χ4n) is 1.80. The van der Waals surface area contributed by atoms with Gasteiger partial charge in [0.25, 0.3) is 0 Å². The molecule has 0 aromatic carbocycles. The monoisotopic (exact) mass is 261 g/mol. The molecule has 1 aromatic heterocycles. The van der Waals surface area contributed by atoms with Gasteiger partial charge in [0.2, 0.25) is 0 Å². The number of hydrogen-bond donors (Lipinski definition) is 1. The van der Waals surface area contributed by atoms with Crippen LogP contribution in [0.2, 0.25) is 0 Å². The Kier molecular flexibility index (Phi) is 6.65. The highest BCUT2D eigenvalue weighted by atomic mass is 15.2. The van der Waals surface area contributed by atoms with Crippen molar-refractivity contribution in [2.45, 2.75) is 39.5 Å². The van der Waals surface area contributed by atoms with E-state index in [1.165, 1.54) is 19.3 Å². The third-order valence-corrected chi connectivity index (χ3v) is 2.86. The van der Waals surface area contributed by atoms with Gasteiger partial charge in [-0.1, -0.05) is 19.8 Å². The summed E-state index contributed by atoms with van der Waals surface area (Å²) in [6, 6.07) is 4.05. The van der Waals surface area contributed by atoms with Crippen LogP contribution in [0.25, 0.3) is 0 Å². The highest BCUT2D eigenvalue weighted by Crippen LogP contribution is 2.15. The zero-order valence-corrected chi connectivity index (χ0v) is 12.1. The van der Waals surface area contributed by atoms with Gasteiger partial charge in [-0.25, -0.2) is 9.97 Å². The van der Waals surface area contributed by atoms with E-state index < -0.39 is 0 Å². The summed E-state index contributed by atoms with van der Waals surface area (Å²) in [6.07, 6.45) is 4.11. The van der Waals surface area contributed by atoms with Gasteiger partial charge in [0.15, 0.2) is 0 Å². The molecule has 0 aliphatic carbocycles. The lowest BCUT2D eigenvalue weighted by Gasteiger charge is -2.19. The summed E-state index contributed by atoms with van der Waals surface area (Å²) in [5.41, 5.74) is 0. The van der Waals surface area contributed by atoms with Crippen molar-refractivity contribution in [1.29, 1.82) is 5.26 Å². The molecule has 19 heavy (non-hydrogen) atoms. The molecule has 0 bridgehead atoms. The number of unbranched alkanes of at least 4 members (excludes halogenated alkanes) is 2. The van der Waals surface area contributed by atoms with E-state index in [0.717, 1.165) is 24.0 Å². The average molecular weight is 261 g/mol. The lowest BCUT2D eigenvalue weighted by atomic mass is 10.2. The summed E-state index contributed by atoms with van der Waals surface area (Å²) in [7, 11) is 2.05. The molecule has 0 unspecified atom stereocenters. The molecular weight excluding hydrogens is 238 g/mol. The van der Waals surface area contributed by atoms with E-state index in [0.29, 0.717) is 13.0 Å². The predicted octanol–water partition coefficient (Wildman–Crippen LogP) is 2.74. The van der Waals surface area contributed by atoms with Gasteiger partial charge in [-0.15, -0.1) is 0 Å². The van der Waals surface area contributed by atoms with Crippen LogP contribution in [0.5, 0.6) is 0 Å². The van der Waals surface area contributed by atoms with E-state index >= 15 is 0 Å². The molecule has 0 aliphatic rings. The van der Waals surface area contributed by atoms with Crippen molar-refractivity contribution in [3.8, 4) is 6.07 Å². The van der Waals surface area contributed by atoms with Crippen molar-refractivity contribution in [1.82, 2.24) is 9.97 Å². The van der Waals surface area contributed by atoms with Crippen LogP contribution < -0.4 is 10.2 Å². The number of nitrogens with zero attached hydrogens (tertiary/aromatic N) is 4. The lowest BCUT2D eigenvalue weighted by Crippen LogP contribution is -2.20. The first-order valence-electron chi connectivity index (χ1n) is 6.85. The highest BCUT2D eigenvalue weighted by Gasteiger charge is 2.06.